The van der Waals surface area contributed by atoms with Crippen molar-refractivity contribution < 1.29 is 29.9 Å². The van der Waals surface area contributed by atoms with Crippen LogP contribution in [0.25, 0.3) is 0 Å². The lowest BCUT2D eigenvalue weighted by molar-refractivity contribution is -0.231. The Bertz CT molecular complexity index is 1100. The van der Waals surface area contributed by atoms with E-state index in [1.54, 1.807) is 25.3 Å². The minimum Gasteiger partial charge on any atom is -0.394 e. The Kier molecular flexibility index (Phi) is 7.35. The Morgan fingerprint density at radius 2 is 1.79 bits per heavy atom. The van der Waals surface area contributed by atoms with E-state index in [0.717, 1.165) is 36.0 Å². The maximum atomic E-state index is 10.5. The third-order valence-electron chi connectivity index (χ3n) is 6.81. The fourth-order valence-electron chi connectivity index (χ4n) is 4.41. The van der Waals surface area contributed by atoms with Gasteiger partial charge in [-0.15, -0.1) is 0 Å². The molecule has 1 saturated carbocycles. The first-order chi connectivity index (χ1) is 16.4. The van der Waals surface area contributed by atoms with Crippen molar-refractivity contribution >= 4 is 0 Å². The summed E-state index contributed by atoms with van der Waals surface area (Å²) in [5, 5.41) is 49.7. The number of aliphatic hydroxyl groups excluding tert-OH is 4. The molecule has 1 unspecified atom stereocenters. The standard InChI is InChI=1S/C27H29NO6/c1-33-27(10-2-11-27)12-9-17-3-5-18(6-4-17)13-21-14-19(7-8-20(21)15-28)26-25(32)24(31)23(30)22(16-29)34-26/h3-8,14,22-26,29-32H,2,10-11,13,16H2,1H3/t22-,23-,24?,25-,26+/m1/s1. The molecule has 0 bridgehead atoms. The molecule has 2 aromatic rings. The van der Waals surface area contributed by atoms with E-state index in [1.807, 2.05) is 24.3 Å². The third kappa shape index (κ3) is 4.87. The first-order valence-corrected chi connectivity index (χ1v) is 11.4. The molecule has 5 atom stereocenters. The monoisotopic (exact) mass is 463 g/mol. The number of aliphatic hydroxyl groups is 4. The quantitative estimate of drug-likeness (QED) is 0.497. The van der Waals surface area contributed by atoms with Gasteiger partial charge in [-0.05, 0) is 60.6 Å². The van der Waals surface area contributed by atoms with Crippen molar-refractivity contribution in [3.05, 3.63) is 70.3 Å². The molecule has 2 aliphatic rings. The number of nitrogens with zero attached hydrogens (tertiary/aromatic N) is 1. The van der Waals surface area contributed by atoms with Crippen LogP contribution < -0.4 is 0 Å². The highest BCUT2D eigenvalue weighted by Gasteiger charge is 2.44. The minimum atomic E-state index is -1.46. The van der Waals surface area contributed by atoms with E-state index in [9.17, 15) is 25.7 Å². The van der Waals surface area contributed by atoms with Crippen LogP contribution in [0.2, 0.25) is 0 Å². The number of hydrogen-bond acceptors (Lipinski definition) is 7. The first kappa shape index (κ1) is 24.4. The average Bonchev–Trinajstić information content (AvgIpc) is 2.83. The second-order valence-corrected chi connectivity index (χ2v) is 8.95. The predicted octanol–water partition coefficient (Wildman–Crippen LogP) is 1.58. The van der Waals surface area contributed by atoms with Crippen LogP contribution in [0, 0.1) is 23.2 Å². The molecule has 178 valence electrons. The van der Waals surface area contributed by atoms with Gasteiger partial charge in [0.25, 0.3) is 0 Å². The van der Waals surface area contributed by atoms with Crippen molar-refractivity contribution in [2.24, 2.45) is 0 Å². The molecule has 1 heterocycles. The number of methoxy groups -OCH3 is 1. The highest BCUT2D eigenvalue weighted by atomic mass is 16.5. The van der Waals surface area contributed by atoms with Gasteiger partial charge in [0.15, 0.2) is 0 Å². The molecule has 0 aromatic heterocycles. The van der Waals surface area contributed by atoms with Gasteiger partial charge in [0.2, 0.25) is 0 Å². The van der Waals surface area contributed by atoms with Gasteiger partial charge >= 0.3 is 0 Å². The Morgan fingerprint density at radius 1 is 1.06 bits per heavy atom. The number of rotatable bonds is 5. The van der Waals surface area contributed by atoms with E-state index < -0.39 is 37.1 Å². The van der Waals surface area contributed by atoms with Gasteiger partial charge in [-0.1, -0.05) is 36.1 Å². The van der Waals surface area contributed by atoms with Crippen LogP contribution >= 0.6 is 0 Å². The highest BCUT2D eigenvalue weighted by molar-refractivity contribution is 5.45. The molecule has 1 saturated heterocycles. The van der Waals surface area contributed by atoms with E-state index in [2.05, 4.69) is 17.9 Å². The molecule has 4 N–H and O–H groups in total. The fourth-order valence-corrected chi connectivity index (χ4v) is 4.41. The number of benzene rings is 2. The maximum absolute atomic E-state index is 10.5. The maximum Gasteiger partial charge on any atom is 0.128 e. The van der Waals surface area contributed by atoms with Crippen LogP contribution in [0.5, 0.6) is 0 Å². The summed E-state index contributed by atoms with van der Waals surface area (Å²) >= 11 is 0. The van der Waals surface area contributed by atoms with Crippen LogP contribution in [0.15, 0.2) is 42.5 Å². The van der Waals surface area contributed by atoms with Crippen LogP contribution in [0.4, 0.5) is 0 Å². The molecule has 1 aliphatic carbocycles. The van der Waals surface area contributed by atoms with E-state index in [-0.39, 0.29) is 5.60 Å². The summed E-state index contributed by atoms with van der Waals surface area (Å²) in [5.74, 6) is 6.43. The first-order valence-electron chi connectivity index (χ1n) is 11.4. The molecule has 2 aromatic carbocycles. The van der Waals surface area contributed by atoms with Gasteiger partial charge in [-0.3, -0.25) is 0 Å². The molecule has 0 radical (unpaired) electrons. The minimum absolute atomic E-state index is 0.314. The Balaban J connectivity index is 1.54. The van der Waals surface area contributed by atoms with Gasteiger partial charge in [0, 0.05) is 12.7 Å². The number of ether oxygens (including phenoxy) is 2. The van der Waals surface area contributed by atoms with Crippen molar-refractivity contribution in [3.63, 3.8) is 0 Å². The molecule has 4 rings (SSSR count). The molecular formula is C27H29NO6. The van der Waals surface area contributed by atoms with Crippen LogP contribution in [0.3, 0.4) is 0 Å². The summed E-state index contributed by atoms with van der Waals surface area (Å²) in [6.45, 7) is -0.495. The fraction of sp³-hybridized carbons (Fsp3) is 0.444. The summed E-state index contributed by atoms with van der Waals surface area (Å²) < 4.78 is 11.2. The lowest BCUT2D eigenvalue weighted by atomic mass is 9.80. The zero-order valence-corrected chi connectivity index (χ0v) is 19.0. The number of nitriles is 1. The third-order valence-corrected chi connectivity index (χ3v) is 6.81. The van der Waals surface area contributed by atoms with E-state index in [1.165, 1.54) is 0 Å². The van der Waals surface area contributed by atoms with Gasteiger partial charge in [0.05, 0.1) is 18.2 Å². The summed E-state index contributed by atoms with van der Waals surface area (Å²) in [6, 6.07) is 15.1. The van der Waals surface area contributed by atoms with E-state index in [4.69, 9.17) is 9.47 Å². The van der Waals surface area contributed by atoms with E-state index in [0.29, 0.717) is 17.5 Å². The molecule has 34 heavy (non-hydrogen) atoms. The van der Waals surface area contributed by atoms with Crippen molar-refractivity contribution in [2.75, 3.05) is 13.7 Å². The van der Waals surface area contributed by atoms with Crippen LogP contribution in [-0.2, 0) is 15.9 Å². The Labute approximate surface area is 199 Å². The lowest BCUT2D eigenvalue weighted by Gasteiger charge is -2.40. The summed E-state index contributed by atoms with van der Waals surface area (Å²) in [6.07, 6.45) is -2.67. The van der Waals surface area contributed by atoms with Crippen LogP contribution in [-0.4, -0.2) is 64.2 Å². The smallest absolute Gasteiger partial charge is 0.128 e. The van der Waals surface area contributed by atoms with Gasteiger partial charge in [0.1, 0.15) is 36.1 Å². The normalized spacial score (nSPS) is 27.7. The second kappa shape index (κ2) is 10.2. The lowest BCUT2D eigenvalue weighted by Crippen LogP contribution is -2.55. The van der Waals surface area contributed by atoms with E-state index >= 15 is 0 Å². The van der Waals surface area contributed by atoms with Gasteiger partial charge in [-0.2, -0.15) is 5.26 Å². The molecule has 2 fully saturated rings. The summed E-state index contributed by atoms with van der Waals surface area (Å²) in [7, 11) is 1.70. The Morgan fingerprint density at radius 3 is 2.38 bits per heavy atom. The van der Waals surface area contributed by atoms with Crippen molar-refractivity contribution in [1.29, 1.82) is 5.26 Å². The van der Waals surface area contributed by atoms with Crippen molar-refractivity contribution in [2.45, 2.75) is 61.8 Å². The zero-order valence-electron chi connectivity index (χ0n) is 19.0. The second-order valence-electron chi connectivity index (χ2n) is 8.95. The Hall–Kier alpha value is -2.75. The molecule has 7 nitrogen and oxygen atoms in total. The van der Waals surface area contributed by atoms with Crippen molar-refractivity contribution in [1.82, 2.24) is 0 Å². The molecule has 0 amide bonds. The van der Waals surface area contributed by atoms with Gasteiger partial charge < -0.3 is 29.9 Å². The van der Waals surface area contributed by atoms with Crippen molar-refractivity contribution in [3.8, 4) is 17.9 Å². The SMILES string of the molecule is COC1(C#Cc2ccc(Cc3cc([C@@H]4O[C@H](CO)[C@@H](O)C(O)[C@H]4O)ccc3C#N)cc2)CCC1. The highest BCUT2D eigenvalue weighted by Crippen LogP contribution is 2.35. The topological polar surface area (TPSA) is 123 Å². The molecular weight excluding hydrogens is 434 g/mol. The molecule has 0 spiro atoms. The molecule has 7 heteroatoms. The average molecular weight is 464 g/mol. The molecule has 1 aliphatic heterocycles. The predicted molar refractivity (Wildman–Crippen MR) is 124 cm³/mol. The summed E-state index contributed by atoms with van der Waals surface area (Å²) in [4.78, 5) is 0. The van der Waals surface area contributed by atoms with Gasteiger partial charge in [-0.25, -0.2) is 0 Å². The largest absolute Gasteiger partial charge is 0.394 e. The zero-order chi connectivity index (χ0) is 24.3. The van der Waals surface area contributed by atoms with Crippen LogP contribution in [0.1, 0.15) is 53.2 Å². The number of hydrogen-bond donors (Lipinski definition) is 4. The summed E-state index contributed by atoms with van der Waals surface area (Å²) in [5.41, 5.74) is 3.35.